The number of anilines is 1. The van der Waals surface area contributed by atoms with Crippen molar-refractivity contribution in [2.24, 2.45) is 0 Å². The number of carbonyl (C=O) groups excluding carboxylic acids is 1. The molecule has 0 aliphatic rings. The smallest absolute Gasteiger partial charge is 0.270 e. The summed E-state index contributed by atoms with van der Waals surface area (Å²) < 4.78 is 6.15. The second-order valence-electron chi connectivity index (χ2n) is 4.94. The van der Waals surface area contributed by atoms with Crippen molar-refractivity contribution >= 4 is 55.2 Å². The van der Waals surface area contributed by atoms with Crippen LogP contribution < -0.4 is 10.1 Å². The SMILES string of the molecule is COc1ccc(C=C(C#N)C(=O)Nc2ccc([N+](=O)[O-])cc2Br)cc1Br. The highest BCUT2D eigenvalue weighted by molar-refractivity contribution is 9.11. The van der Waals surface area contributed by atoms with Gasteiger partial charge < -0.3 is 10.1 Å². The molecule has 0 radical (unpaired) electrons. The quantitative estimate of drug-likeness (QED) is 0.289. The Labute approximate surface area is 165 Å². The van der Waals surface area contributed by atoms with Crippen molar-refractivity contribution in [1.82, 2.24) is 0 Å². The molecule has 0 aliphatic heterocycles. The third-order valence-corrected chi connectivity index (χ3v) is 4.54. The van der Waals surface area contributed by atoms with Gasteiger partial charge in [-0.2, -0.15) is 5.26 Å². The lowest BCUT2D eigenvalue weighted by molar-refractivity contribution is -0.384. The normalized spacial score (nSPS) is 10.8. The van der Waals surface area contributed by atoms with E-state index < -0.39 is 10.8 Å². The lowest BCUT2D eigenvalue weighted by atomic mass is 10.1. The Hall–Kier alpha value is -2.70. The molecular formula is C17H11Br2N3O4. The van der Waals surface area contributed by atoms with E-state index in [9.17, 15) is 20.2 Å². The molecule has 2 aromatic carbocycles. The lowest BCUT2D eigenvalue weighted by Gasteiger charge is -2.07. The van der Waals surface area contributed by atoms with E-state index >= 15 is 0 Å². The fraction of sp³-hybridized carbons (Fsp3) is 0.0588. The molecule has 2 aromatic rings. The number of nitro benzene ring substituents is 1. The number of ether oxygens (including phenoxy) is 1. The van der Waals surface area contributed by atoms with Gasteiger partial charge in [0.05, 0.1) is 22.2 Å². The number of halogens is 2. The van der Waals surface area contributed by atoms with Gasteiger partial charge in [0, 0.05) is 16.6 Å². The molecular weight excluding hydrogens is 470 g/mol. The van der Waals surface area contributed by atoms with Gasteiger partial charge in [-0.05, 0) is 61.7 Å². The molecule has 0 fully saturated rings. The van der Waals surface area contributed by atoms with Crippen LogP contribution in [0.25, 0.3) is 6.08 Å². The number of nitro groups is 1. The van der Waals surface area contributed by atoms with Crippen molar-refractivity contribution in [3.8, 4) is 11.8 Å². The Morgan fingerprint density at radius 1 is 1.27 bits per heavy atom. The maximum atomic E-state index is 12.3. The maximum absolute atomic E-state index is 12.3. The average Bonchev–Trinajstić information content (AvgIpc) is 2.61. The standard InChI is InChI=1S/C17H11Br2N3O4/c1-26-16-5-2-10(7-14(16)19)6-11(9-20)17(23)21-15-4-3-12(22(24)25)8-13(15)18/h2-8H,1H3,(H,21,23). The van der Waals surface area contributed by atoms with E-state index in [1.807, 2.05) is 6.07 Å². The van der Waals surface area contributed by atoms with Gasteiger partial charge in [0.1, 0.15) is 17.4 Å². The average molecular weight is 481 g/mol. The van der Waals surface area contributed by atoms with Gasteiger partial charge in [-0.1, -0.05) is 6.07 Å². The zero-order valence-electron chi connectivity index (χ0n) is 13.3. The minimum absolute atomic E-state index is 0.117. The van der Waals surface area contributed by atoms with E-state index in [4.69, 9.17) is 4.74 Å². The monoisotopic (exact) mass is 479 g/mol. The van der Waals surface area contributed by atoms with Crippen molar-refractivity contribution < 1.29 is 14.5 Å². The van der Waals surface area contributed by atoms with E-state index in [-0.39, 0.29) is 11.3 Å². The number of amides is 1. The Morgan fingerprint density at radius 3 is 2.54 bits per heavy atom. The van der Waals surface area contributed by atoms with Crippen LogP contribution in [-0.4, -0.2) is 17.9 Å². The molecule has 0 unspecified atom stereocenters. The second-order valence-corrected chi connectivity index (χ2v) is 6.65. The van der Waals surface area contributed by atoms with Crippen molar-refractivity contribution in [3.63, 3.8) is 0 Å². The van der Waals surface area contributed by atoms with E-state index in [1.165, 1.54) is 31.4 Å². The number of hydrogen-bond acceptors (Lipinski definition) is 5. The first-order chi connectivity index (χ1) is 12.3. The van der Waals surface area contributed by atoms with Crippen LogP contribution in [0, 0.1) is 21.4 Å². The zero-order valence-corrected chi connectivity index (χ0v) is 16.5. The molecule has 7 nitrogen and oxygen atoms in total. The molecule has 1 N–H and O–H groups in total. The number of benzene rings is 2. The molecule has 0 saturated carbocycles. The molecule has 0 heterocycles. The highest BCUT2D eigenvalue weighted by Crippen LogP contribution is 2.28. The van der Waals surface area contributed by atoms with Gasteiger partial charge in [0.15, 0.2) is 0 Å². The third kappa shape index (κ3) is 4.68. The molecule has 1 amide bonds. The summed E-state index contributed by atoms with van der Waals surface area (Å²) in [6.45, 7) is 0. The number of nitrogens with one attached hydrogen (secondary N) is 1. The molecule has 26 heavy (non-hydrogen) atoms. The van der Waals surface area contributed by atoms with E-state index in [2.05, 4.69) is 37.2 Å². The molecule has 0 aliphatic carbocycles. The number of hydrogen-bond donors (Lipinski definition) is 1. The Balaban J connectivity index is 2.25. The first-order valence-electron chi connectivity index (χ1n) is 7.06. The predicted octanol–water partition coefficient (Wildman–Crippen LogP) is 4.67. The van der Waals surface area contributed by atoms with E-state index in [0.717, 1.165) is 0 Å². The molecule has 0 aromatic heterocycles. The summed E-state index contributed by atoms with van der Waals surface area (Å²) in [4.78, 5) is 22.5. The Bertz CT molecular complexity index is 952. The van der Waals surface area contributed by atoms with Gasteiger partial charge in [-0.15, -0.1) is 0 Å². The Morgan fingerprint density at radius 2 is 2.00 bits per heavy atom. The number of nitrogens with zero attached hydrogens (tertiary/aromatic N) is 2. The predicted molar refractivity (Wildman–Crippen MR) is 104 cm³/mol. The van der Waals surface area contributed by atoms with Crippen LogP contribution in [0.3, 0.4) is 0 Å². The number of methoxy groups -OCH3 is 1. The van der Waals surface area contributed by atoms with Crippen LogP contribution in [0.4, 0.5) is 11.4 Å². The Kier molecular flexibility index (Phi) is 6.49. The van der Waals surface area contributed by atoms with Crippen LogP contribution in [0.15, 0.2) is 50.9 Å². The highest BCUT2D eigenvalue weighted by Gasteiger charge is 2.14. The summed E-state index contributed by atoms with van der Waals surface area (Å²) in [5.41, 5.74) is 0.714. The summed E-state index contributed by atoms with van der Waals surface area (Å²) in [6.07, 6.45) is 1.43. The van der Waals surface area contributed by atoms with Crippen LogP contribution >= 0.6 is 31.9 Å². The van der Waals surface area contributed by atoms with Crippen LogP contribution in [0.2, 0.25) is 0 Å². The third-order valence-electron chi connectivity index (χ3n) is 3.26. The lowest BCUT2D eigenvalue weighted by Crippen LogP contribution is -2.13. The maximum Gasteiger partial charge on any atom is 0.270 e. The van der Waals surface area contributed by atoms with Gasteiger partial charge in [-0.25, -0.2) is 0 Å². The van der Waals surface area contributed by atoms with Crippen molar-refractivity contribution in [1.29, 1.82) is 5.26 Å². The topological polar surface area (TPSA) is 105 Å². The largest absolute Gasteiger partial charge is 0.496 e. The summed E-state index contributed by atoms with van der Waals surface area (Å²) in [7, 11) is 1.53. The summed E-state index contributed by atoms with van der Waals surface area (Å²) in [5.74, 6) is -0.00564. The molecule has 132 valence electrons. The summed E-state index contributed by atoms with van der Waals surface area (Å²) in [6, 6.07) is 10.9. The molecule has 0 saturated heterocycles. The van der Waals surface area contributed by atoms with Gasteiger partial charge >= 0.3 is 0 Å². The number of nitriles is 1. The van der Waals surface area contributed by atoms with Crippen molar-refractivity contribution in [3.05, 3.63) is 66.6 Å². The zero-order chi connectivity index (χ0) is 19.3. The molecule has 2 rings (SSSR count). The van der Waals surface area contributed by atoms with Gasteiger partial charge in [-0.3, -0.25) is 14.9 Å². The minimum Gasteiger partial charge on any atom is -0.496 e. The molecule has 0 atom stereocenters. The van der Waals surface area contributed by atoms with Gasteiger partial charge in [0.2, 0.25) is 0 Å². The first kappa shape index (κ1) is 19.6. The van der Waals surface area contributed by atoms with E-state index in [0.29, 0.717) is 25.9 Å². The fourth-order valence-corrected chi connectivity index (χ4v) is 3.02. The number of rotatable bonds is 5. The highest BCUT2D eigenvalue weighted by atomic mass is 79.9. The number of non-ortho nitro benzene ring substituents is 1. The fourth-order valence-electron chi connectivity index (χ4n) is 2.00. The molecule has 0 spiro atoms. The van der Waals surface area contributed by atoms with Crippen molar-refractivity contribution in [2.45, 2.75) is 0 Å². The van der Waals surface area contributed by atoms with Gasteiger partial charge in [0.25, 0.3) is 11.6 Å². The van der Waals surface area contributed by atoms with Crippen LogP contribution in [-0.2, 0) is 4.79 Å². The first-order valence-corrected chi connectivity index (χ1v) is 8.65. The van der Waals surface area contributed by atoms with E-state index in [1.54, 1.807) is 18.2 Å². The summed E-state index contributed by atoms with van der Waals surface area (Å²) >= 11 is 6.50. The van der Waals surface area contributed by atoms with Crippen LogP contribution in [0.1, 0.15) is 5.56 Å². The van der Waals surface area contributed by atoms with Crippen LogP contribution in [0.5, 0.6) is 5.75 Å². The number of carbonyl (C=O) groups is 1. The minimum atomic E-state index is -0.631. The second kappa shape index (κ2) is 8.60. The molecule has 9 heteroatoms. The summed E-state index contributed by atoms with van der Waals surface area (Å²) in [5, 5.41) is 22.6. The molecule has 0 bridgehead atoms. The van der Waals surface area contributed by atoms with Crippen molar-refractivity contribution in [2.75, 3.05) is 12.4 Å².